The molecule has 31 heavy (non-hydrogen) atoms. The molecule has 0 bridgehead atoms. The highest BCUT2D eigenvalue weighted by atomic mass is 16.5. The molecule has 0 aliphatic carbocycles. The first-order valence-electron chi connectivity index (χ1n) is 11.0. The minimum absolute atomic E-state index is 0.0901. The predicted octanol–water partition coefficient (Wildman–Crippen LogP) is 6.08. The number of rotatable bonds is 10. The van der Waals surface area contributed by atoms with Gasteiger partial charge in [-0.1, -0.05) is 55.7 Å². The number of urea groups is 1. The van der Waals surface area contributed by atoms with E-state index in [1.807, 2.05) is 29.2 Å². The van der Waals surface area contributed by atoms with E-state index in [1.165, 1.54) is 11.1 Å². The van der Waals surface area contributed by atoms with Gasteiger partial charge in [0.1, 0.15) is 5.75 Å². The molecule has 3 aromatic rings. The Balaban J connectivity index is 1.73. The van der Waals surface area contributed by atoms with Crippen molar-refractivity contribution in [1.82, 2.24) is 9.47 Å². The Hall–Kier alpha value is -3.21. The lowest BCUT2D eigenvalue weighted by atomic mass is 10.1. The van der Waals surface area contributed by atoms with Gasteiger partial charge in [0.05, 0.1) is 13.7 Å². The number of hydrogen-bond donors (Lipinski definition) is 1. The number of methoxy groups -OCH3 is 1. The number of hydrogen-bond acceptors (Lipinski definition) is 2. The van der Waals surface area contributed by atoms with Crippen molar-refractivity contribution in [3.8, 4) is 5.75 Å². The van der Waals surface area contributed by atoms with E-state index < -0.39 is 0 Å². The Morgan fingerprint density at radius 2 is 1.90 bits per heavy atom. The second kappa shape index (κ2) is 11.3. The molecule has 164 valence electrons. The molecule has 1 heterocycles. The van der Waals surface area contributed by atoms with Crippen LogP contribution in [0.25, 0.3) is 0 Å². The first-order valence-corrected chi connectivity index (χ1v) is 11.0. The second-order valence-electron chi connectivity index (χ2n) is 7.91. The normalized spacial score (nSPS) is 10.7. The lowest BCUT2D eigenvalue weighted by molar-refractivity contribution is 0.206. The molecule has 0 saturated carbocycles. The van der Waals surface area contributed by atoms with E-state index in [-0.39, 0.29) is 6.03 Å². The number of aryl methyl sites for hydroxylation is 1. The number of ether oxygens (including phenoxy) is 1. The molecule has 3 rings (SSSR count). The molecule has 0 atom stereocenters. The Morgan fingerprint density at radius 3 is 2.68 bits per heavy atom. The summed E-state index contributed by atoms with van der Waals surface area (Å²) in [6, 6.07) is 20.1. The van der Waals surface area contributed by atoms with Crippen LogP contribution in [0, 0.1) is 6.92 Å². The number of benzene rings is 2. The SMILES string of the molecule is CCCCCN(Cc1cccn1Cc1cccc(C)c1)C(=O)Nc1cccc(OC)c1. The van der Waals surface area contributed by atoms with Crippen LogP contribution in [0.15, 0.2) is 66.9 Å². The summed E-state index contributed by atoms with van der Waals surface area (Å²) in [6.07, 6.45) is 5.30. The molecular formula is C26H33N3O2. The summed E-state index contributed by atoms with van der Waals surface area (Å²) in [5, 5.41) is 3.03. The third kappa shape index (κ3) is 6.64. The summed E-state index contributed by atoms with van der Waals surface area (Å²) >= 11 is 0. The van der Waals surface area contributed by atoms with Gasteiger partial charge in [-0.15, -0.1) is 0 Å². The van der Waals surface area contributed by atoms with Crippen LogP contribution in [-0.2, 0) is 13.1 Å². The lowest BCUT2D eigenvalue weighted by Gasteiger charge is -2.24. The molecule has 0 spiro atoms. The first kappa shape index (κ1) is 22.5. The maximum absolute atomic E-state index is 13.1. The maximum atomic E-state index is 13.1. The van der Waals surface area contributed by atoms with E-state index in [2.05, 4.69) is 66.3 Å². The fourth-order valence-electron chi connectivity index (χ4n) is 3.66. The van der Waals surface area contributed by atoms with Gasteiger partial charge in [0.25, 0.3) is 0 Å². The van der Waals surface area contributed by atoms with Gasteiger partial charge in [-0.2, -0.15) is 0 Å². The zero-order chi connectivity index (χ0) is 22.1. The molecule has 0 aliphatic rings. The fraction of sp³-hybridized carbons (Fsp3) is 0.346. The highest BCUT2D eigenvalue weighted by molar-refractivity contribution is 5.89. The molecule has 0 aliphatic heterocycles. The smallest absolute Gasteiger partial charge is 0.322 e. The quantitative estimate of drug-likeness (QED) is 0.405. The highest BCUT2D eigenvalue weighted by Crippen LogP contribution is 2.18. The highest BCUT2D eigenvalue weighted by Gasteiger charge is 2.16. The Labute approximate surface area is 185 Å². The van der Waals surface area contributed by atoms with Crippen molar-refractivity contribution in [1.29, 1.82) is 0 Å². The van der Waals surface area contributed by atoms with Crippen molar-refractivity contribution >= 4 is 11.7 Å². The molecule has 2 aromatic carbocycles. The molecule has 0 radical (unpaired) electrons. The van der Waals surface area contributed by atoms with Crippen molar-refractivity contribution in [3.05, 3.63) is 83.7 Å². The van der Waals surface area contributed by atoms with Gasteiger partial charge in [0, 0.05) is 36.7 Å². The van der Waals surface area contributed by atoms with Crippen molar-refractivity contribution < 1.29 is 9.53 Å². The van der Waals surface area contributed by atoms with E-state index in [1.54, 1.807) is 7.11 Å². The van der Waals surface area contributed by atoms with Crippen LogP contribution in [0.1, 0.15) is 43.0 Å². The third-order valence-corrected chi connectivity index (χ3v) is 5.35. The number of carbonyl (C=O) groups excluding carboxylic acids is 1. The van der Waals surface area contributed by atoms with Gasteiger partial charge in [0.2, 0.25) is 0 Å². The number of unbranched alkanes of at least 4 members (excludes halogenated alkanes) is 2. The monoisotopic (exact) mass is 419 g/mol. The topological polar surface area (TPSA) is 46.5 Å². The van der Waals surface area contributed by atoms with Gasteiger partial charge >= 0.3 is 6.03 Å². The average molecular weight is 420 g/mol. The summed E-state index contributed by atoms with van der Waals surface area (Å²) in [4.78, 5) is 15.0. The Bertz CT molecular complexity index is 980. The van der Waals surface area contributed by atoms with E-state index in [9.17, 15) is 4.79 Å². The number of carbonyl (C=O) groups is 1. The summed E-state index contributed by atoms with van der Waals surface area (Å²) in [5.74, 6) is 0.724. The van der Waals surface area contributed by atoms with Crippen LogP contribution in [0.4, 0.5) is 10.5 Å². The number of nitrogens with one attached hydrogen (secondary N) is 1. The van der Waals surface area contributed by atoms with Gasteiger partial charge in [0.15, 0.2) is 0 Å². The van der Waals surface area contributed by atoms with Crippen LogP contribution in [0.2, 0.25) is 0 Å². The van der Waals surface area contributed by atoms with Crippen LogP contribution in [0.5, 0.6) is 5.75 Å². The molecule has 5 nitrogen and oxygen atoms in total. The molecule has 0 unspecified atom stereocenters. The van der Waals surface area contributed by atoms with Crippen molar-refractivity contribution in [2.45, 2.75) is 46.2 Å². The number of amides is 2. The molecule has 0 fully saturated rings. The molecular weight excluding hydrogens is 386 g/mol. The molecule has 0 saturated heterocycles. The number of nitrogens with zero attached hydrogens (tertiary/aromatic N) is 2. The zero-order valence-corrected chi connectivity index (χ0v) is 18.8. The molecule has 1 N–H and O–H groups in total. The van der Waals surface area contributed by atoms with Crippen LogP contribution in [-0.4, -0.2) is 29.2 Å². The van der Waals surface area contributed by atoms with Crippen molar-refractivity contribution in [2.75, 3.05) is 19.0 Å². The average Bonchev–Trinajstić information content (AvgIpc) is 3.19. The standard InChI is InChI=1S/C26H33N3O2/c1-4-5-6-15-29(26(30)27-23-12-8-14-25(18-23)31-3)20-24-13-9-16-28(24)19-22-11-7-10-21(2)17-22/h7-14,16-18H,4-6,15,19-20H2,1-3H3,(H,27,30). The molecule has 2 amide bonds. The summed E-state index contributed by atoms with van der Waals surface area (Å²) in [6.45, 7) is 6.37. The van der Waals surface area contributed by atoms with Gasteiger partial charge < -0.3 is 19.5 Å². The maximum Gasteiger partial charge on any atom is 0.322 e. The second-order valence-corrected chi connectivity index (χ2v) is 7.91. The van der Waals surface area contributed by atoms with E-state index in [0.717, 1.165) is 49.5 Å². The molecule has 1 aromatic heterocycles. The lowest BCUT2D eigenvalue weighted by Crippen LogP contribution is -2.36. The first-order chi connectivity index (χ1) is 15.1. The fourth-order valence-corrected chi connectivity index (χ4v) is 3.66. The minimum Gasteiger partial charge on any atom is -0.497 e. The summed E-state index contributed by atoms with van der Waals surface area (Å²) in [7, 11) is 1.63. The number of aromatic nitrogens is 1. The zero-order valence-electron chi connectivity index (χ0n) is 18.8. The van der Waals surface area contributed by atoms with E-state index in [0.29, 0.717) is 6.54 Å². The van der Waals surface area contributed by atoms with Crippen molar-refractivity contribution in [2.24, 2.45) is 0 Å². The van der Waals surface area contributed by atoms with Gasteiger partial charge in [-0.25, -0.2) is 4.79 Å². The molecule has 5 heteroatoms. The Kier molecular flexibility index (Phi) is 8.16. The van der Waals surface area contributed by atoms with Crippen molar-refractivity contribution in [3.63, 3.8) is 0 Å². The van der Waals surface area contributed by atoms with Crippen LogP contribution >= 0.6 is 0 Å². The van der Waals surface area contributed by atoms with Crippen LogP contribution < -0.4 is 10.1 Å². The predicted molar refractivity (Wildman–Crippen MR) is 127 cm³/mol. The van der Waals surface area contributed by atoms with E-state index in [4.69, 9.17) is 4.74 Å². The summed E-state index contributed by atoms with van der Waals surface area (Å²) < 4.78 is 7.50. The largest absolute Gasteiger partial charge is 0.497 e. The van der Waals surface area contributed by atoms with Gasteiger partial charge in [-0.05, 0) is 43.2 Å². The van der Waals surface area contributed by atoms with Gasteiger partial charge in [-0.3, -0.25) is 0 Å². The van der Waals surface area contributed by atoms with Crippen LogP contribution in [0.3, 0.4) is 0 Å². The minimum atomic E-state index is -0.0901. The number of anilines is 1. The van der Waals surface area contributed by atoms with E-state index >= 15 is 0 Å². The third-order valence-electron chi connectivity index (χ3n) is 5.35. The Morgan fingerprint density at radius 1 is 1.06 bits per heavy atom. The summed E-state index contributed by atoms with van der Waals surface area (Å²) in [5.41, 5.74) is 4.37.